The molecule has 0 bridgehead atoms. The number of benzene rings is 1. The van der Waals surface area contributed by atoms with Crippen LogP contribution in [0.5, 0.6) is 5.75 Å². The maximum absolute atomic E-state index is 12.7. The first kappa shape index (κ1) is 17.3. The number of nitrogens with two attached hydrogens (primary N) is 1. The van der Waals surface area contributed by atoms with Gasteiger partial charge in [0.25, 0.3) is 0 Å². The van der Waals surface area contributed by atoms with Gasteiger partial charge in [0.2, 0.25) is 10.0 Å². The lowest BCUT2D eigenvalue weighted by molar-refractivity contribution is -0.141. The molecule has 0 heterocycles. The lowest BCUT2D eigenvalue weighted by atomic mass is 10.3. The molecule has 0 radical (unpaired) electrons. The van der Waals surface area contributed by atoms with Gasteiger partial charge in [-0.15, -0.1) is 0 Å². The number of anilines is 1. The molecule has 21 heavy (non-hydrogen) atoms. The summed E-state index contributed by atoms with van der Waals surface area (Å²) in [5.41, 5.74) is 5.94. The van der Waals surface area contributed by atoms with Crippen molar-refractivity contribution in [1.82, 2.24) is 4.31 Å². The largest absolute Gasteiger partial charge is 0.495 e. The van der Waals surface area contributed by atoms with Crippen molar-refractivity contribution in [3.63, 3.8) is 0 Å². The quantitative estimate of drug-likeness (QED) is 0.617. The Morgan fingerprint density at radius 2 is 1.95 bits per heavy atom. The Hall–Kier alpha value is -1.80. The Morgan fingerprint density at radius 1 is 1.33 bits per heavy atom. The van der Waals surface area contributed by atoms with E-state index in [9.17, 15) is 13.2 Å². The van der Waals surface area contributed by atoms with Crippen LogP contribution in [0.15, 0.2) is 23.1 Å². The Kier molecular flexibility index (Phi) is 5.56. The molecule has 0 atom stereocenters. The van der Waals surface area contributed by atoms with Crippen molar-refractivity contribution >= 4 is 21.7 Å². The van der Waals surface area contributed by atoms with Gasteiger partial charge in [-0.25, -0.2) is 8.42 Å². The summed E-state index contributed by atoms with van der Waals surface area (Å²) in [5.74, 6) is -0.477. The summed E-state index contributed by atoms with van der Waals surface area (Å²) < 4.78 is 36.1. The first-order valence-electron chi connectivity index (χ1n) is 6.26. The van der Waals surface area contributed by atoms with Crippen LogP contribution in [-0.2, 0) is 19.6 Å². The maximum Gasteiger partial charge on any atom is 0.321 e. The van der Waals surface area contributed by atoms with E-state index >= 15 is 0 Å². The molecule has 1 aromatic rings. The van der Waals surface area contributed by atoms with E-state index in [2.05, 4.69) is 4.74 Å². The summed E-state index contributed by atoms with van der Waals surface area (Å²) in [4.78, 5) is 11.4. The number of sulfonamides is 1. The third kappa shape index (κ3) is 3.85. The second-order valence-corrected chi connectivity index (χ2v) is 6.49. The Labute approximate surface area is 124 Å². The summed E-state index contributed by atoms with van der Waals surface area (Å²) in [7, 11) is -1.37. The highest BCUT2D eigenvalue weighted by atomic mass is 32.2. The SMILES string of the molecule is COC(=O)CN(C(C)C)S(=O)(=O)c1cc(N)ccc1OC. The molecule has 2 N–H and O–H groups in total. The van der Waals surface area contributed by atoms with Crippen LogP contribution in [-0.4, -0.2) is 45.5 Å². The highest BCUT2D eigenvalue weighted by Gasteiger charge is 2.32. The molecule has 0 aliphatic heterocycles. The van der Waals surface area contributed by atoms with E-state index in [4.69, 9.17) is 10.5 Å². The predicted octanol–water partition coefficient (Wildman–Crippen LogP) is 0.849. The molecule has 0 fully saturated rings. The van der Waals surface area contributed by atoms with Crippen molar-refractivity contribution in [2.75, 3.05) is 26.5 Å². The van der Waals surface area contributed by atoms with Crippen LogP contribution in [0.3, 0.4) is 0 Å². The van der Waals surface area contributed by atoms with Crippen LogP contribution in [0.25, 0.3) is 0 Å². The van der Waals surface area contributed by atoms with Crippen molar-refractivity contribution in [2.24, 2.45) is 0 Å². The number of carbonyl (C=O) groups is 1. The van der Waals surface area contributed by atoms with Crippen LogP contribution in [0, 0.1) is 0 Å². The fraction of sp³-hybridized carbons (Fsp3) is 0.462. The first-order valence-corrected chi connectivity index (χ1v) is 7.70. The molecule has 0 saturated carbocycles. The molecule has 0 aliphatic rings. The minimum absolute atomic E-state index is 0.0809. The topological polar surface area (TPSA) is 98.9 Å². The van der Waals surface area contributed by atoms with Gasteiger partial charge in [-0.05, 0) is 32.0 Å². The summed E-state index contributed by atoms with van der Waals surface area (Å²) in [5, 5.41) is 0. The number of esters is 1. The van der Waals surface area contributed by atoms with Gasteiger partial charge in [-0.1, -0.05) is 0 Å². The fourth-order valence-corrected chi connectivity index (χ4v) is 3.53. The number of carbonyl (C=O) groups excluding carboxylic acids is 1. The van der Waals surface area contributed by atoms with Gasteiger partial charge >= 0.3 is 5.97 Å². The molecule has 118 valence electrons. The first-order chi connectivity index (χ1) is 9.73. The minimum Gasteiger partial charge on any atom is -0.495 e. The van der Waals surface area contributed by atoms with Crippen molar-refractivity contribution in [3.8, 4) is 5.75 Å². The van der Waals surface area contributed by atoms with Crippen LogP contribution >= 0.6 is 0 Å². The van der Waals surface area contributed by atoms with E-state index in [1.54, 1.807) is 13.8 Å². The standard InChI is InChI=1S/C13H20N2O5S/c1-9(2)15(8-13(16)20-4)21(17,18)12-7-10(14)5-6-11(12)19-3/h5-7,9H,8,14H2,1-4H3. The van der Waals surface area contributed by atoms with Gasteiger partial charge in [-0.3, -0.25) is 4.79 Å². The number of nitrogens with zero attached hydrogens (tertiary/aromatic N) is 1. The van der Waals surface area contributed by atoms with Crippen molar-refractivity contribution in [1.29, 1.82) is 0 Å². The number of hydrogen-bond donors (Lipinski definition) is 1. The normalized spacial score (nSPS) is 11.7. The van der Waals surface area contributed by atoms with Crippen LogP contribution in [0.2, 0.25) is 0 Å². The molecule has 1 aromatic carbocycles. The van der Waals surface area contributed by atoms with Crippen molar-refractivity contribution < 1.29 is 22.7 Å². The van der Waals surface area contributed by atoms with E-state index in [1.165, 1.54) is 32.4 Å². The third-order valence-electron chi connectivity index (χ3n) is 2.86. The Bertz CT molecular complexity index is 613. The van der Waals surface area contributed by atoms with Gasteiger partial charge in [0.1, 0.15) is 17.2 Å². The summed E-state index contributed by atoms with van der Waals surface area (Å²) >= 11 is 0. The van der Waals surface area contributed by atoms with Crippen LogP contribution < -0.4 is 10.5 Å². The van der Waals surface area contributed by atoms with E-state index in [1.807, 2.05) is 0 Å². The second kappa shape index (κ2) is 6.77. The van der Waals surface area contributed by atoms with Crippen molar-refractivity contribution in [2.45, 2.75) is 24.8 Å². The number of rotatable bonds is 6. The van der Waals surface area contributed by atoms with E-state index in [0.29, 0.717) is 0 Å². The van der Waals surface area contributed by atoms with Crippen molar-refractivity contribution in [3.05, 3.63) is 18.2 Å². The third-order valence-corrected chi connectivity index (χ3v) is 4.91. The molecule has 0 aromatic heterocycles. The fourth-order valence-electron chi connectivity index (χ4n) is 1.76. The molecule has 0 saturated heterocycles. The average Bonchev–Trinajstić information content (AvgIpc) is 2.43. The average molecular weight is 316 g/mol. The molecule has 8 heteroatoms. The van der Waals surface area contributed by atoms with Gasteiger partial charge in [0.15, 0.2) is 0 Å². The Morgan fingerprint density at radius 3 is 2.43 bits per heavy atom. The zero-order valence-corrected chi connectivity index (χ0v) is 13.3. The van der Waals surface area contributed by atoms with Gasteiger partial charge in [0.05, 0.1) is 14.2 Å². The molecule has 0 spiro atoms. The zero-order valence-electron chi connectivity index (χ0n) is 12.5. The Balaban J connectivity index is 3.35. The minimum atomic E-state index is -3.94. The molecular formula is C13H20N2O5S. The van der Waals surface area contributed by atoms with Crippen LogP contribution in [0.4, 0.5) is 5.69 Å². The highest BCUT2D eigenvalue weighted by molar-refractivity contribution is 7.89. The molecule has 0 unspecified atom stereocenters. The van der Waals surface area contributed by atoms with E-state index in [0.717, 1.165) is 4.31 Å². The smallest absolute Gasteiger partial charge is 0.321 e. The molecular weight excluding hydrogens is 296 g/mol. The number of methoxy groups -OCH3 is 2. The summed E-state index contributed by atoms with van der Waals surface area (Å²) in [6.07, 6.45) is 0. The summed E-state index contributed by atoms with van der Waals surface area (Å²) in [6.45, 7) is 2.95. The lowest BCUT2D eigenvalue weighted by Crippen LogP contribution is -2.41. The number of nitrogen functional groups attached to an aromatic ring is 1. The lowest BCUT2D eigenvalue weighted by Gasteiger charge is -2.25. The number of ether oxygens (including phenoxy) is 2. The number of hydrogen-bond acceptors (Lipinski definition) is 6. The van der Waals surface area contributed by atoms with E-state index < -0.39 is 22.0 Å². The molecule has 1 rings (SSSR count). The molecule has 7 nitrogen and oxygen atoms in total. The zero-order chi connectivity index (χ0) is 16.2. The van der Waals surface area contributed by atoms with Gasteiger partial charge in [0, 0.05) is 11.7 Å². The van der Waals surface area contributed by atoms with Crippen LogP contribution in [0.1, 0.15) is 13.8 Å². The van der Waals surface area contributed by atoms with Gasteiger partial charge in [-0.2, -0.15) is 4.31 Å². The maximum atomic E-state index is 12.7. The second-order valence-electron chi connectivity index (χ2n) is 4.63. The molecule has 0 amide bonds. The van der Waals surface area contributed by atoms with E-state index in [-0.39, 0.29) is 22.9 Å². The summed E-state index contributed by atoms with van der Waals surface area (Å²) in [6, 6.07) is 3.89. The van der Waals surface area contributed by atoms with Gasteiger partial charge < -0.3 is 15.2 Å². The monoisotopic (exact) mass is 316 g/mol. The highest BCUT2D eigenvalue weighted by Crippen LogP contribution is 2.29. The predicted molar refractivity (Wildman–Crippen MR) is 78.5 cm³/mol. The molecule has 0 aliphatic carbocycles.